The lowest BCUT2D eigenvalue weighted by atomic mass is 10.0. The average Bonchev–Trinajstić information content (AvgIpc) is 2.02. The van der Waals surface area contributed by atoms with Gasteiger partial charge in [0.2, 0.25) is 0 Å². The van der Waals surface area contributed by atoms with E-state index in [1.807, 2.05) is 0 Å². The van der Waals surface area contributed by atoms with Crippen molar-refractivity contribution >= 4 is 9.84 Å². The van der Waals surface area contributed by atoms with E-state index in [4.69, 9.17) is 5.11 Å². The molecule has 2 unspecified atom stereocenters. The lowest BCUT2D eigenvalue weighted by Crippen LogP contribution is -2.35. The number of hydrogen-bond donors (Lipinski definition) is 1. The summed E-state index contributed by atoms with van der Waals surface area (Å²) in [6.07, 6.45) is 2.50. The molecule has 72 valence electrons. The Bertz CT molecular complexity index is 233. The van der Waals surface area contributed by atoms with Gasteiger partial charge < -0.3 is 5.11 Å². The van der Waals surface area contributed by atoms with E-state index in [0.717, 1.165) is 19.3 Å². The molecule has 4 heteroatoms. The summed E-state index contributed by atoms with van der Waals surface area (Å²) in [5, 5.41) is 8.56. The Morgan fingerprint density at radius 2 is 2.17 bits per heavy atom. The summed E-state index contributed by atoms with van der Waals surface area (Å²) in [4.78, 5) is 0. The minimum atomic E-state index is -2.89. The van der Waals surface area contributed by atoms with Crippen LogP contribution >= 0.6 is 0 Å². The van der Waals surface area contributed by atoms with Gasteiger partial charge in [-0.1, -0.05) is 13.3 Å². The van der Waals surface area contributed by atoms with E-state index in [-0.39, 0.29) is 17.8 Å². The van der Waals surface area contributed by atoms with Crippen LogP contribution in [-0.4, -0.2) is 31.1 Å². The first-order chi connectivity index (χ1) is 5.58. The SMILES string of the molecule is CC(CO)C1CCCCS1(=O)=O. The smallest absolute Gasteiger partial charge is 0.153 e. The van der Waals surface area contributed by atoms with Crippen LogP contribution in [0.25, 0.3) is 0 Å². The van der Waals surface area contributed by atoms with Crippen LogP contribution in [0.5, 0.6) is 0 Å². The third-order valence-corrected chi connectivity index (χ3v) is 5.03. The van der Waals surface area contributed by atoms with E-state index >= 15 is 0 Å². The quantitative estimate of drug-likeness (QED) is 0.696. The zero-order valence-electron chi connectivity index (χ0n) is 7.36. The Labute approximate surface area is 73.7 Å². The standard InChI is InChI=1S/C8H16O3S/c1-7(6-9)8-4-2-3-5-12(8,10)11/h7-9H,2-6H2,1H3. The highest BCUT2D eigenvalue weighted by molar-refractivity contribution is 7.92. The second-order valence-electron chi connectivity index (χ2n) is 3.56. The minimum absolute atomic E-state index is 0.0239. The fourth-order valence-electron chi connectivity index (χ4n) is 1.74. The van der Waals surface area contributed by atoms with E-state index in [2.05, 4.69) is 0 Å². The van der Waals surface area contributed by atoms with Gasteiger partial charge in [-0.25, -0.2) is 8.42 Å². The van der Waals surface area contributed by atoms with Gasteiger partial charge in [0.25, 0.3) is 0 Å². The minimum Gasteiger partial charge on any atom is -0.396 e. The molecule has 0 aromatic rings. The lowest BCUT2D eigenvalue weighted by molar-refractivity contribution is 0.227. The van der Waals surface area contributed by atoms with Gasteiger partial charge in [0.05, 0.1) is 11.0 Å². The molecule has 12 heavy (non-hydrogen) atoms. The molecule has 1 heterocycles. The van der Waals surface area contributed by atoms with Crippen LogP contribution in [0, 0.1) is 5.92 Å². The van der Waals surface area contributed by atoms with Crippen molar-refractivity contribution in [3.05, 3.63) is 0 Å². The molecule has 1 aliphatic rings. The van der Waals surface area contributed by atoms with Crippen LogP contribution in [0.2, 0.25) is 0 Å². The second-order valence-corrected chi connectivity index (χ2v) is 5.90. The van der Waals surface area contributed by atoms with Crippen molar-refractivity contribution < 1.29 is 13.5 Å². The summed E-state index contributed by atoms with van der Waals surface area (Å²) in [6.45, 7) is 1.78. The summed E-state index contributed by atoms with van der Waals surface area (Å²) < 4.78 is 22.9. The topological polar surface area (TPSA) is 54.4 Å². The fraction of sp³-hybridized carbons (Fsp3) is 1.00. The monoisotopic (exact) mass is 192 g/mol. The molecule has 0 amide bonds. The zero-order chi connectivity index (χ0) is 9.19. The highest BCUT2D eigenvalue weighted by Crippen LogP contribution is 2.25. The van der Waals surface area contributed by atoms with Gasteiger partial charge in [-0.05, 0) is 18.8 Å². The molecule has 1 aliphatic heterocycles. The van der Waals surface area contributed by atoms with Crippen molar-refractivity contribution in [2.24, 2.45) is 5.92 Å². The van der Waals surface area contributed by atoms with Crippen LogP contribution in [0.4, 0.5) is 0 Å². The first kappa shape index (κ1) is 9.99. The Kier molecular flexibility index (Phi) is 3.12. The summed E-state index contributed by atoms with van der Waals surface area (Å²) in [6, 6.07) is 0. The van der Waals surface area contributed by atoms with E-state index in [1.165, 1.54) is 0 Å². The zero-order valence-corrected chi connectivity index (χ0v) is 8.18. The largest absolute Gasteiger partial charge is 0.396 e. The molecular weight excluding hydrogens is 176 g/mol. The van der Waals surface area contributed by atoms with Crippen molar-refractivity contribution in [3.63, 3.8) is 0 Å². The first-order valence-corrected chi connectivity index (χ1v) is 6.12. The molecule has 0 aromatic heterocycles. The van der Waals surface area contributed by atoms with Crippen molar-refractivity contribution in [1.82, 2.24) is 0 Å². The molecular formula is C8H16O3S. The van der Waals surface area contributed by atoms with E-state index in [0.29, 0.717) is 5.75 Å². The number of rotatable bonds is 2. The molecule has 0 radical (unpaired) electrons. The van der Waals surface area contributed by atoms with Gasteiger partial charge in [0.15, 0.2) is 9.84 Å². The molecule has 0 aliphatic carbocycles. The van der Waals surface area contributed by atoms with Gasteiger partial charge in [-0.3, -0.25) is 0 Å². The van der Waals surface area contributed by atoms with Crippen LogP contribution < -0.4 is 0 Å². The van der Waals surface area contributed by atoms with Crippen molar-refractivity contribution in [2.75, 3.05) is 12.4 Å². The molecule has 2 atom stereocenters. The number of aliphatic hydroxyl groups is 1. The summed E-state index contributed by atoms with van der Waals surface area (Å²) in [5.41, 5.74) is 0. The number of aliphatic hydroxyl groups excluding tert-OH is 1. The Hall–Kier alpha value is -0.0900. The molecule has 1 saturated heterocycles. The molecule has 0 aromatic carbocycles. The average molecular weight is 192 g/mol. The Balaban J connectivity index is 2.73. The first-order valence-electron chi connectivity index (χ1n) is 4.40. The van der Waals surface area contributed by atoms with E-state index in [1.54, 1.807) is 6.92 Å². The third-order valence-electron chi connectivity index (χ3n) is 2.55. The van der Waals surface area contributed by atoms with Gasteiger partial charge in [0, 0.05) is 6.61 Å². The maximum absolute atomic E-state index is 11.5. The predicted octanol–water partition coefficient (Wildman–Crippen LogP) is 0.582. The van der Waals surface area contributed by atoms with Gasteiger partial charge in [-0.15, -0.1) is 0 Å². The molecule has 1 fully saturated rings. The second kappa shape index (κ2) is 3.75. The molecule has 1 N–H and O–H groups in total. The Morgan fingerprint density at radius 1 is 1.50 bits per heavy atom. The van der Waals surface area contributed by atoms with Crippen LogP contribution in [0.15, 0.2) is 0 Å². The summed E-state index contributed by atoms with van der Waals surface area (Å²) >= 11 is 0. The van der Waals surface area contributed by atoms with E-state index < -0.39 is 9.84 Å². The highest BCUT2D eigenvalue weighted by Gasteiger charge is 2.32. The molecule has 0 saturated carbocycles. The maximum atomic E-state index is 11.5. The number of sulfone groups is 1. The van der Waals surface area contributed by atoms with Crippen molar-refractivity contribution in [3.8, 4) is 0 Å². The summed E-state index contributed by atoms with van der Waals surface area (Å²) in [5.74, 6) is 0.206. The lowest BCUT2D eigenvalue weighted by Gasteiger charge is -2.26. The van der Waals surface area contributed by atoms with Gasteiger partial charge in [-0.2, -0.15) is 0 Å². The maximum Gasteiger partial charge on any atom is 0.153 e. The fourth-order valence-corrected chi connectivity index (χ4v) is 3.96. The highest BCUT2D eigenvalue weighted by atomic mass is 32.2. The van der Waals surface area contributed by atoms with E-state index in [9.17, 15) is 8.42 Å². The normalized spacial score (nSPS) is 31.3. The molecule has 0 bridgehead atoms. The van der Waals surface area contributed by atoms with Crippen LogP contribution in [-0.2, 0) is 9.84 Å². The van der Waals surface area contributed by atoms with Crippen LogP contribution in [0.3, 0.4) is 0 Å². The molecule has 3 nitrogen and oxygen atoms in total. The summed E-state index contributed by atoms with van der Waals surface area (Å²) in [7, 11) is -2.89. The Morgan fingerprint density at radius 3 is 2.67 bits per heavy atom. The van der Waals surface area contributed by atoms with Crippen LogP contribution in [0.1, 0.15) is 26.2 Å². The third kappa shape index (κ3) is 1.98. The molecule has 1 rings (SSSR count). The predicted molar refractivity (Wildman–Crippen MR) is 47.7 cm³/mol. The van der Waals surface area contributed by atoms with Crippen molar-refractivity contribution in [2.45, 2.75) is 31.4 Å². The molecule has 0 spiro atoms. The van der Waals surface area contributed by atoms with Crippen molar-refractivity contribution in [1.29, 1.82) is 0 Å². The van der Waals surface area contributed by atoms with Gasteiger partial charge in [0.1, 0.15) is 0 Å². The number of hydrogen-bond acceptors (Lipinski definition) is 3. The van der Waals surface area contributed by atoms with Gasteiger partial charge >= 0.3 is 0 Å².